The predicted octanol–water partition coefficient (Wildman–Crippen LogP) is -1.66. The summed E-state index contributed by atoms with van der Waals surface area (Å²) in [6.07, 6.45) is -1.36. The Hall–Kier alpha value is -1.39. The number of nitrogens with zero attached hydrogens (tertiary/aromatic N) is 4. The van der Waals surface area contributed by atoms with Crippen molar-refractivity contribution in [3.8, 4) is 0 Å². The molecular weight excluding hydrogens is 272 g/mol. The number of aromatic nitrogens is 4. The zero-order valence-electron chi connectivity index (χ0n) is 9.62. The van der Waals surface area contributed by atoms with Gasteiger partial charge in [-0.25, -0.2) is 9.97 Å². The van der Waals surface area contributed by atoms with E-state index in [-0.39, 0.29) is 6.61 Å². The van der Waals surface area contributed by atoms with Crippen molar-refractivity contribution in [1.82, 2.24) is 19.5 Å². The van der Waals surface area contributed by atoms with E-state index in [4.69, 9.17) is 22.5 Å². The van der Waals surface area contributed by atoms with Crippen LogP contribution in [-0.2, 0) is 17.4 Å². The number of fused-ring (bicyclic) bond motifs is 1. The van der Waals surface area contributed by atoms with E-state index in [1.807, 2.05) is 0 Å². The lowest BCUT2D eigenvalue weighted by Crippen LogP contribution is -2.33. The largest absolute Gasteiger partial charge is 0.758 e. The molecule has 0 aliphatic carbocycles. The Morgan fingerprint density at radius 1 is 1.26 bits per heavy atom. The lowest BCUT2D eigenvalue weighted by Gasteiger charge is -2.16. The lowest BCUT2D eigenvalue weighted by molar-refractivity contribution is -0.0511. The van der Waals surface area contributed by atoms with Crippen LogP contribution in [-0.4, -0.2) is 59.8 Å². The first-order valence-electron chi connectivity index (χ1n) is 5.60. The van der Waals surface area contributed by atoms with Gasteiger partial charge in [-0.05, 0) is 0 Å². The van der Waals surface area contributed by atoms with E-state index in [2.05, 4.69) is 15.0 Å². The molecule has 0 saturated carbocycles. The first-order chi connectivity index (χ1) is 9.13. The molecule has 102 valence electrons. The van der Waals surface area contributed by atoms with Gasteiger partial charge in [-0.15, -0.1) is 0 Å². The van der Waals surface area contributed by atoms with Crippen LogP contribution < -0.4 is 0 Å². The predicted molar refractivity (Wildman–Crippen MR) is 64.0 cm³/mol. The third kappa shape index (κ3) is 1.86. The molecule has 3 rings (SSSR count). The normalized spacial score (nSPS) is 31.1. The van der Waals surface area contributed by atoms with Crippen molar-refractivity contribution in [1.29, 1.82) is 0 Å². The van der Waals surface area contributed by atoms with Gasteiger partial charge < -0.3 is 32.7 Å². The van der Waals surface area contributed by atoms with Gasteiger partial charge in [0.05, 0.1) is 12.9 Å². The average molecular weight is 283 g/mol. The highest BCUT2D eigenvalue weighted by Gasteiger charge is 2.43. The zero-order chi connectivity index (χ0) is 13.6. The fourth-order valence-corrected chi connectivity index (χ4v) is 2.32. The molecule has 8 nitrogen and oxygen atoms in total. The van der Waals surface area contributed by atoms with Gasteiger partial charge >= 0.3 is 0 Å². The van der Waals surface area contributed by atoms with Crippen LogP contribution in [0.3, 0.4) is 0 Å². The van der Waals surface area contributed by atoms with E-state index >= 15 is 0 Å². The minimum atomic E-state index is -1.18. The van der Waals surface area contributed by atoms with Crippen molar-refractivity contribution in [3.05, 3.63) is 12.7 Å². The van der Waals surface area contributed by atoms with E-state index in [1.54, 1.807) is 0 Å². The zero-order valence-corrected chi connectivity index (χ0v) is 10.4. The fourth-order valence-electron chi connectivity index (χ4n) is 2.13. The van der Waals surface area contributed by atoms with Crippen molar-refractivity contribution < 1.29 is 20.1 Å². The highest BCUT2D eigenvalue weighted by molar-refractivity contribution is 7.58. The molecule has 3 N–H and O–H groups in total. The van der Waals surface area contributed by atoms with Gasteiger partial charge in [-0.1, -0.05) is 5.03 Å². The summed E-state index contributed by atoms with van der Waals surface area (Å²) >= 11 is 5.02. The molecule has 0 spiro atoms. The Balaban J connectivity index is 2.04. The molecule has 3 heterocycles. The number of ether oxygens (including phenoxy) is 1. The maximum atomic E-state index is 9.96. The molecule has 1 aliphatic heterocycles. The van der Waals surface area contributed by atoms with E-state index in [0.29, 0.717) is 16.2 Å². The second-order valence-electron chi connectivity index (χ2n) is 4.23. The molecule has 1 fully saturated rings. The summed E-state index contributed by atoms with van der Waals surface area (Å²) in [4.78, 5) is 12.0. The quantitative estimate of drug-likeness (QED) is 0.443. The van der Waals surface area contributed by atoms with Gasteiger partial charge in [0.2, 0.25) is 0 Å². The maximum Gasteiger partial charge on any atom is 0.165 e. The molecule has 0 bridgehead atoms. The Morgan fingerprint density at radius 2 is 2.05 bits per heavy atom. The van der Waals surface area contributed by atoms with Crippen LogP contribution in [0.4, 0.5) is 0 Å². The first kappa shape index (κ1) is 12.6. The van der Waals surface area contributed by atoms with Crippen LogP contribution in [0.1, 0.15) is 6.23 Å². The molecule has 0 unspecified atom stereocenters. The monoisotopic (exact) mass is 283 g/mol. The summed E-state index contributed by atoms with van der Waals surface area (Å²) in [7, 11) is 0. The third-order valence-corrected chi connectivity index (χ3v) is 3.42. The number of hydrogen-bond donors (Lipinski definition) is 3. The molecule has 2 aromatic heterocycles. The van der Waals surface area contributed by atoms with Crippen LogP contribution in [0.25, 0.3) is 11.2 Å². The second-order valence-corrected chi connectivity index (χ2v) is 4.62. The standard InChI is InChI=1S/C10H12N4O4S/c15-1-4-6(16)7(17)10(18-4)14-3-13-5-8(14)11-2-12-9(5)19/h2-4,6-7,10,15-17H,1H2,(H,11,12,19)/p-1/t4-,6+,7-,10-/m0/s1. The summed E-state index contributed by atoms with van der Waals surface area (Å²) in [5.74, 6) is 0. The van der Waals surface area contributed by atoms with Crippen LogP contribution in [0.5, 0.6) is 0 Å². The highest BCUT2D eigenvalue weighted by Crippen LogP contribution is 2.31. The topological polar surface area (TPSA) is 114 Å². The van der Waals surface area contributed by atoms with E-state index in [0.717, 1.165) is 0 Å². The van der Waals surface area contributed by atoms with Gasteiger partial charge in [-0.2, -0.15) is 0 Å². The van der Waals surface area contributed by atoms with Gasteiger partial charge in [0.1, 0.15) is 30.2 Å². The Bertz CT molecular complexity index is 606. The van der Waals surface area contributed by atoms with Crippen molar-refractivity contribution in [2.45, 2.75) is 29.6 Å². The second kappa shape index (κ2) is 4.62. The minimum Gasteiger partial charge on any atom is -0.758 e. The van der Waals surface area contributed by atoms with Crippen LogP contribution in [0.15, 0.2) is 17.7 Å². The van der Waals surface area contributed by atoms with Gasteiger partial charge in [0.15, 0.2) is 11.9 Å². The van der Waals surface area contributed by atoms with E-state index < -0.39 is 24.5 Å². The molecule has 4 atom stereocenters. The van der Waals surface area contributed by atoms with Gasteiger partial charge in [0, 0.05) is 0 Å². The third-order valence-electron chi connectivity index (χ3n) is 3.12. The van der Waals surface area contributed by atoms with E-state index in [9.17, 15) is 10.2 Å². The molecule has 0 amide bonds. The molecule has 0 aromatic carbocycles. The molecular formula is C10H11N4O4S-. The van der Waals surface area contributed by atoms with Crippen LogP contribution >= 0.6 is 0 Å². The van der Waals surface area contributed by atoms with Gasteiger partial charge in [0.25, 0.3) is 0 Å². The molecule has 2 aromatic rings. The first-order valence-corrected chi connectivity index (χ1v) is 6.01. The highest BCUT2D eigenvalue weighted by atomic mass is 32.1. The Kier molecular flexibility index (Phi) is 3.07. The van der Waals surface area contributed by atoms with Crippen LogP contribution in [0.2, 0.25) is 0 Å². The molecule has 9 heteroatoms. The summed E-state index contributed by atoms with van der Waals surface area (Å²) in [5, 5.41) is 29.1. The summed E-state index contributed by atoms with van der Waals surface area (Å²) in [6, 6.07) is 0. The Labute approximate surface area is 113 Å². The smallest absolute Gasteiger partial charge is 0.165 e. The molecule has 1 aliphatic rings. The number of hydrogen-bond acceptors (Lipinski definition) is 8. The Morgan fingerprint density at radius 3 is 2.74 bits per heavy atom. The van der Waals surface area contributed by atoms with Crippen LogP contribution in [0, 0.1) is 0 Å². The minimum absolute atomic E-state index is 0.301. The van der Waals surface area contributed by atoms with Crippen molar-refractivity contribution in [2.24, 2.45) is 0 Å². The SMILES string of the molecule is OC[C@@H]1O[C@H](n2cnc3c([S-])ncnc32)[C@@H](O)[C@@H]1O. The molecule has 19 heavy (non-hydrogen) atoms. The summed E-state index contributed by atoms with van der Waals surface area (Å²) in [6.45, 7) is -0.386. The van der Waals surface area contributed by atoms with E-state index in [1.165, 1.54) is 17.2 Å². The average Bonchev–Trinajstić information content (AvgIpc) is 2.94. The van der Waals surface area contributed by atoms with Crippen molar-refractivity contribution in [3.63, 3.8) is 0 Å². The van der Waals surface area contributed by atoms with Crippen molar-refractivity contribution in [2.75, 3.05) is 6.61 Å². The number of aliphatic hydroxyl groups excluding tert-OH is 3. The molecule has 1 saturated heterocycles. The molecule has 0 radical (unpaired) electrons. The van der Waals surface area contributed by atoms with Gasteiger partial charge in [-0.3, -0.25) is 9.55 Å². The van der Waals surface area contributed by atoms with Crippen molar-refractivity contribution >= 4 is 23.8 Å². The maximum absolute atomic E-state index is 9.96. The fraction of sp³-hybridized carbons (Fsp3) is 0.500. The lowest BCUT2D eigenvalue weighted by atomic mass is 10.1. The number of imidazole rings is 1. The summed E-state index contributed by atoms with van der Waals surface area (Å²) < 4.78 is 6.87. The number of rotatable bonds is 2. The summed E-state index contributed by atoms with van der Waals surface area (Å²) in [5.41, 5.74) is 0.838. The number of aliphatic hydroxyl groups is 3.